The maximum Gasteiger partial charge on any atom is 0.191 e. The zero-order chi connectivity index (χ0) is 17.1. The molecule has 0 unspecified atom stereocenters. The zero-order valence-corrected chi connectivity index (χ0v) is 16.9. The molecule has 0 radical (unpaired) electrons. The van der Waals surface area contributed by atoms with Gasteiger partial charge in [-0.2, -0.15) is 0 Å². The Morgan fingerprint density at radius 3 is 2.68 bits per heavy atom. The third-order valence-corrected chi connectivity index (χ3v) is 8.31. The molecule has 0 N–H and O–H groups in total. The van der Waals surface area contributed by atoms with Crippen LogP contribution in [-0.4, -0.2) is 42.2 Å². The average molecular weight is 408 g/mol. The highest BCUT2D eigenvalue weighted by molar-refractivity contribution is 8.03. The van der Waals surface area contributed by atoms with Gasteiger partial charge in [0.05, 0.1) is 6.04 Å². The maximum atomic E-state index is 4.41. The second kappa shape index (κ2) is 8.11. The van der Waals surface area contributed by atoms with Crippen LogP contribution in [0.5, 0.6) is 0 Å². The van der Waals surface area contributed by atoms with E-state index in [4.69, 9.17) is 0 Å². The van der Waals surface area contributed by atoms with Gasteiger partial charge in [-0.05, 0) is 6.42 Å². The van der Waals surface area contributed by atoms with Gasteiger partial charge in [0.2, 0.25) is 0 Å². The number of aromatic nitrogens is 5. The summed E-state index contributed by atoms with van der Waals surface area (Å²) >= 11 is 7.05. The summed E-state index contributed by atoms with van der Waals surface area (Å²) in [5.41, 5.74) is 1.12. The Hall–Kier alpha value is -1.03. The summed E-state index contributed by atoms with van der Waals surface area (Å²) in [6, 6.07) is 10.7. The van der Waals surface area contributed by atoms with Crippen molar-refractivity contribution in [2.24, 2.45) is 0 Å². The zero-order valence-electron chi connectivity index (χ0n) is 13.7. The van der Waals surface area contributed by atoms with Gasteiger partial charge < -0.3 is 0 Å². The van der Waals surface area contributed by atoms with Crippen LogP contribution in [0.25, 0.3) is 11.4 Å². The fraction of sp³-hybridized carbons (Fsp3) is 0.375. The van der Waals surface area contributed by atoms with E-state index >= 15 is 0 Å². The number of hydrogen-bond acceptors (Lipinski definition) is 8. The fourth-order valence-electron chi connectivity index (χ4n) is 2.53. The Morgan fingerprint density at radius 1 is 1.08 bits per heavy atom. The fourth-order valence-corrected chi connectivity index (χ4v) is 6.81. The normalized spacial score (nSPS) is 16.3. The van der Waals surface area contributed by atoms with Crippen LogP contribution in [0, 0.1) is 0 Å². The molecule has 0 bridgehead atoms. The lowest BCUT2D eigenvalue weighted by Gasteiger charge is -2.13. The summed E-state index contributed by atoms with van der Waals surface area (Å²) in [5, 5.41) is 18.4. The van der Waals surface area contributed by atoms with Crippen LogP contribution in [0.3, 0.4) is 0 Å². The molecule has 3 heterocycles. The molecule has 130 valence electrons. The molecule has 0 aliphatic carbocycles. The van der Waals surface area contributed by atoms with E-state index in [0.29, 0.717) is 6.04 Å². The average Bonchev–Trinajstić information content (AvgIpc) is 3.36. The molecule has 3 aromatic rings. The second-order valence-corrected chi connectivity index (χ2v) is 10.1. The van der Waals surface area contributed by atoms with E-state index < -0.39 is 0 Å². The number of hydrogen-bond donors (Lipinski definition) is 0. The van der Waals surface area contributed by atoms with Gasteiger partial charge in [0.15, 0.2) is 19.7 Å². The van der Waals surface area contributed by atoms with Crippen molar-refractivity contribution in [2.75, 3.05) is 17.3 Å². The molecule has 1 aliphatic heterocycles. The number of benzene rings is 1. The molecule has 5 nitrogen and oxygen atoms in total. The van der Waals surface area contributed by atoms with E-state index in [2.05, 4.69) is 44.0 Å². The number of fused-ring (bicyclic) bond motifs is 1. The second-order valence-electron chi connectivity index (χ2n) is 5.50. The van der Waals surface area contributed by atoms with E-state index in [9.17, 15) is 0 Å². The summed E-state index contributed by atoms with van der Waals surface area (Å²) in [4.78, 5) is 0. The number of thioether (sulfide) groups is 3. The van der Waals surface area contributed by atoms with Crippen molar-refractivity contribution in [3.05, 3.63) is 30.3 Å². The van der Waals surface area contributed by atoms with Gasteiger partial charge in [-0.1, -0.05) is 83.9 Å². The first-order valence-corrected chi connectivity index (χ1v) is 11.8. The minimum Gasteiger partial charge on any atom is -0.297 e. The third-order valence-electron chi connectivity index (χ3n) is 3.68. The molecule has 1 aliphatic rings. The lowest BCUT2D eigenvalue weighted by molar-refractivity contribution is 0.597. The molecule has 25 heavy (non-hydrogen) atoms. The Bertz CT molecular complexity index is 832. The largest absolute Gasteiger partial charge is 0.297 e. The van der Waals surface area contributed by atoms with Gasteiger partial charge in [-0.3, -0.25) is 4.57 Å². The molecule has 0 fully saturated rings. The standard InChI is InChI=1S/C16H17N5S4/c1-2-8-22-15-19-20-16(25-15)24-10-12-9-23-14-18-17-13(21(12)14)11-6-4-3-5-7-11/h3-7,12H,2,8-10H2,1H3/t12-/m1/s1. The van der Waals surface area contributed by atoms with Gasteiger partial charge in [-0.15, -0.1) is 20.4 Å². The van der Waals surface area contributed by atoms with Crippen LogP contribution in [0.4, 0.5) is 0 Å². The van der Waals surface area contributed by atoms with Gasteiger partial charge in [0, 0.05) is 22.8 Å². The van der Waals surface area contributed by atoms with E-state index in [0.717, 1.165) is 48.9 Å². The molecule has 1 atom stereocenters. The van der Waals surface area contributed by atoms with Gasteiger partial charge >= 0.3 is 0 Å². The first kappa shape index (κ1) is 17.4. The van der Waals surface area contributed by atoms with Crippen LogP contribution in [0.15, 0.2) is 44.2 Å². The van der Waals surface area contributed by atoms with Crippen LogP contribution in [0.1, 0.15) is 19.4 Å². The predicted molar refractivity (Wildman–Crippen MR) is 107 cm³/mol. The van der Waals surface area contributed by atoms with Crippen molar-refractivity contribution in [1.29, 1.82) is 0 Å². The van der Waals surface area contributed by atoms with E-state index in [-0.39, 0.29) is 0 Å². The van der Waals surface area contributed by atoms with Crippen LogP contribution in [-0.2, 0) is 0 Å². The van der Waals surface area contributed by atoms with Crippen molar-refractivity contribution >= 4 is 46.6 Å². The van der Waals surface area contributed by atoms with Crippen LogP contribution >= 0.6 is 46.6 Å². The first-order chi connectivity index (χ1) is 12.3. The molecule has 9 heteroatoms. The predicted octanol–water partition coefficient (Wildman–Crippen LogP) is 4.74. The first-order valence-electron chi connectivity index (χ1n) is 8.07. The molecule has 0 amide bonds. The molecule has 1 aromatic carbocycles. The summed E-state index contributed by atoms with van der Waals surface area (Å²) in [6.45, 7) is 2.18. The molecule has 4 rings (SSSR count). The van der Waals surface area contributed by atoms with Crippen LogP contribution in [0.2, 0.25) is 0 Å². The molecule has 0 saturated heterocycles. The van der Waals surface area contributed by atoms with Crippen LogP contribution < -0.4 is 0 Å². The van der Waals surface area contributed by atoms with Crippen molar-refractivity contribution in [1.82, 2.24) is 25.0 Å². The summed E-state index contributed by atoms with van der Waals surface area (Å²) in [7, 11) is 0. The van der Waals surface area contributed by atoms with Gasteiger partial charge in [0.1, 0.15) is 0 Å². The highest BCUT2D eigenvalue weighted by Gasteiger charge is 2.28. The SMILES string of the molecule is CCCSc1nnc(SC[C@H]2CSc3nnc(-c4ccccc4)n32)s1. The van der Waals surface area contributed by atoms with Crippen molar-refractivity contribution in [3.8, 4) is 11.4 Å². The summed E-state index contributed by atoms with van der Waals surface area (Å²) < 4.78 is 4.40. The van der Waals surface area contributed by atoms with E-state index in [1.165, 1.54) is 0 Å². The molecule has 0 spiro atoms. The lowest BCUT2D eigenvalue weighted by Crippen LogP contribution is -2.11. The van der Waals surface area contributed by atoms with Gasteiger partial charge in [0.25, 0.3) is 0 Å². The lowest BCUT2D eigenvalue weighted by atomic mass is 10.2. The minimum atomic E-state index is 0.380. The highest BCUT2D eigenvalue weighted by atomic mass is 32.2. The quantitative estimate of drug-likeness (QED) is 0.524. The Kier molecular flexibility index (Phi) is 5.64. The van der Waals surface area contributed by atoms with Crippen molar-refractivity contribution in [3.63, 3.8) is 0 Å². The Balaban J connectivity index is 1.46. The highest BCUT2D eigenvalue weighted by Crippen LogP contribution is 2.39. The van der Waals surface area contributed by atoms with Crippen molar-refractivity contribution < 1.29 is 0 Å². The monoisotopic (exact) mass is 407 g/mol. The number of nitrogens with zero attached hydrogens (tertiary/aromatic N) is 5. The molecular formula is C16H17N5S4. The van der Waals surface area contributed by atoms with Crippen molar-refractivity contribution in [2.45, 2.75) is 33.2 Å². The third kappa shape index (κ3) is 3.89. The van der Waals surface area contributed by atoms with E-state index in [1.807, 2.05) is 18.2 Å². The number of rotatable bonds is 7. The summed E-state index contributed by atoms with van der Waals surface area (Å²) in [5.74, 6) is 4.06. The smallest absolute Gasteiger partial charge is 0.191 e. The maximum absolute atomic E-state index is 4.41. The topological polar surface area (TPSA) is 56.5 Å². The summed E-state index contributed by atoms with van der Waals surface area (Å²) in [6.07, 6.45) is 1.16. The van der Waals surface area contributed by atoms with E-state index in [1.54, 1.807) is 46.6 Å². The van der Waals surface area contributed by atoms with Gasteiger partial charge in [-0.25, -0.2) is 0 Å². The minimum absolute atomic E-state index is 0.380. The molecule has 0 saturated carbocycles. The Morgan fingerprint density at radius 2 is 1.88 bits per heavy atom. The Labute approximate surface area is 163 Å². The molecule has 2 aromatic heterocycles. The molecular weight excluding hydrogens is 390 g/mol.